The van der Waals surface area contributed by atoms with Crippen molar-refractivity contribution in [2.45, 2.75) is 20.3 Å². The van der Waals surface area contributed by atoms with E-state index in [9.17, 15) is 4.79 Å². The molecule has 4 nitrogen and oxygen atoms in total. The number of H-pyrrole nitrogens is 1. The van der Waals surface area contributed by atoms with Crippen molar-refractivity contribution in [1.82, 2.24) is 10.3 Å². The van der Waals surface area contributed by atoms with Gasteiger partial charge in [0.1, 0.15) is 11.4 Å². The van der Waals surface area contributed by atoms with Gasteiger partial charge in [-0.15, -0.1) is 0 Å². The van der Waals surface area contributed by atoms with E-state index >= 15 is 0 Å². The van der Waals surface area contributed by atoms with Crippen molar-refractivity contribution in [3.05, 3.63) is 64.8 Å². The van der Waals surface area contributed by atoms with E-state index in [1.54, 1.807) is 7.11 Å². The van der Waals surface area contributed by atoms with E-state index < -0.39 is 0 Å². The Kier molecular flexibility index (Phi) is 4.56. The van der Waals surface area contributed by atoms with E-state index in [1.165, 1.54) is 16.7 Å². The van der Waals surface area contributed by atoms with Crippen molar-refractivity contribution >= 4 is 16.8 Å². The Bertz CT molecular complexity index is 863. The highest BCUT2D eigenvalue weighted by atomic mass is 16.5. The van der Waals surface area contributed by atoms with Crippen molar-refractivity contribution in [2.75, 3.05) is 13.7 Å². The van der Waals surface area contributed by atoms with Gasteiger partial charge < -0.3 is 15.0 Å². The molecule has 2 N–H and O–H groups in total. The number of methoxy groups -OCH3 is 1. The number of carbonyl (C=O) groups excluding carboxylic acids is 1. The van der Waals surface area contributed by atoms with Gasteiger partial charge in [0, 0.05) is 17.4 Å². The number of ether oxygens (including phenoxy) is 1. The molecule has 3 aromatic rings. The first kappa shape index (κ1) is 16.1. The first-order chi connectivity index (χ1) is 11.6. The fraction of sp³-hybridized carbons (Fsp3) is 0.250. The molecule has 1 aromatic heterocycles. The third-order valence-electron chi connectivity index (χ3n) is 4.19. The summed E-state index contributed by atoms with van der Waals surface area (Å²) in [6, 6.07) is 14.0. The van der Waals surface area contributed by atoms with Gasteiger partial charge in [-0.1, -0.05) is 18.2 Å². The predicted octanol–water partition coefficient (Wildman–Crippen LogP) is 3.77. The van der Waals surface area contributed by atoms with Gasteiger partial charge in [0.2, 0.25) is 0 Å². The number of hydrogen-bond acceptors (Lipinski definition) is 2. The number of fused-ring (bicyclic) bond motifs is 1. The first-order valence-electron chi connectivity index (χ1n) is 8.08. The molecule has 0 aliphatic carbocycles. The van der Waals surface area contributed by atoms with Gasteiger partial charge in [0.05, 0.1) is 7.11 Å². The zero-order valence-corrected chi connectivity index (χ0v) is 14.3. The van der Waals surface area contributed by atoms with E-state index in [4.69, 9.17) is 4.74 Å². The van der Waals surface area contributed by atoms with Crippen LogP contribution in [0.25, 0.3) is 10.9 Å². The molecule has 0 radical (unpaired) electrons. The van der Waals surface area contributed by atoms with Crippen molar-refractivity contribution in [1.29, 1.82) is 0 Å². The van der Waals surface area contributed by atoms with Gasteiger partial charge >= 0.3 is 0 Å². The van der Waals surface area contributed by atoms with Crippen LogP contribution in [0.3, 0.4) is 0 Å². The van der Waals surface area contributed by atoms with Crippen molar-refractivity contribution in [3.63, 3.8) is 0 Å². The Labute approximate surface area is 141 Å². The molecule has 2 aromatic carbocycles. The first-order valence-corrected chi connectivity index (χ1v) is 8.08. The highest BCUT2D eigenvalue weighted by molar-refractivity contribution is 5.98. The molecule has 0 aliphatic heterocycles. The Morgan fingerprint density at radius 3 is 2.58 bits per heavy atom. The second kappa shape index (κ2) is 6.79. The fourth-order valence-corrected chi connectivity index (χ4v) is 2.93. The average molecular weight is 322 g/mol. The van der Waals surface area contributed by atoms with Crippen LogP contribution in [0.4, 0.5) is 0 Å². The van der Waals surface area contributed by atoms with Crippen molar-refractivity contribution in [2.24, 2.45) is 0 Å². The van der Waals surface area contributed by atoms with Gasteiger partial charge in [-0.2, -0.15) is 0 Å². The summed E-state index contributed by atoms with van der Waals surface area (Å²) in [4.78, 5) is 15.6. The van der Waals surface area contributed by atoms with Gasteiger partial charge in [-0.05, 0) is 61.2 Å². The highest BCUT2D eigenvalue weighted by Crippen LogP contribution is 2.21. The maximum atomic E-state index is 12.3. The number of amides is 1. The number of rotatable bonds is 5. The topological polar surface area (TPSA) is 54.1 Å². The van der Waals surface area contributed by atoms with Crippen LogP contribution < -0.4 is 10.1 Å². The summed E-state index contributed by atoms with van der Waals surface area (Å²) in [6.45, 7) is 4.72. The average Bonchev–Trinajstić information content (AvgIpc) is 3.00. The molecule has 0 bridgehead atoms. The normalized spacial score (nSPS) is 10.8. The quantitative estimate of drug-likeness (QED) is 0.751. The molecule has 0 atom stereocenters. The highest BCUT2D eigenvalue weighted by Gasteiger charge is 2.10. The molecule has 0 saturated heterocycles. The Morgan fingerprint density at radius 1 is 1.12 bits per heavy atom. The minimum absolute atomic E-state index is 0.0724. The number of nitrogens with one attached hydrogen (secondary N) is 2. The molecule has 24 heavy (non-hydrogen) atoms. The third kappa shape index (κ3) is 3.43. The number of carbonyl (C=O) groups is 1. The van der Waals surface area contributed by atoms with E-state index in [1.807, 2.05) is 30.3 Å². The fourth-order valence-electron chi connectivity index (χ4n) is 2.93. The molecule has 0 fully saturated rings. The summed E-state index contributed by atoms with van der Waals surface area (Å²) in [5.74, 6) is 0.767. The largest absolute Gasteiger partial charge is 0.497 e. The number of aryl methyl sites for hydroxylation is 2. The monoisotopic (exact) mass is 322 g/mol. The van der Waals surface area contributed by atoms with E-state index in [2.05, 4.69) is 36.3 Å². The minimum Gasteiger partial charge on any atom is -0.497 e. The van der Waals surface area contributed by atoms with E-state index in [0.29, 0.717) is 12.2 Å². The second-order valence-electron chi connectivity index (χ2n) is 6.08. The molecular weight excluding hydrogens is 300 g/mol. The van der Waals surface area contributed by atoms with Crippen LogP contribution in [0.2, 0.25) is 0 Å². The summed E-state index contributed by atoms with van der Waals surface area (Å²) in [7, 11) is 1.65. The zero-order valence-electron chi connectivity index (χ0n) is 14.3. The van der Waals surface area contributed by atoms with Gasteiger partial charge in [-0.3, -0.25) is 4.79 Å². The van der Waals surface area contributed by atoms with Crippen molar-refractivity contribution in [3.8, 4) is 5.75 Å². The molecular formula is C20H22N2O2. The second-order valence-corrected chi connectivity index (χ2v) is 6.08. The summed E-state index contributed by atoms with van der Waals surface area (Å²) < 4.78 is 5.14. The van der Waals surface area contributed by atoms with Crippen LogP contribution in [0.5, 0.6) is 5.75 Å². The molecule has 1 heterocycles. The SMILES string of the molecule is COc1ccc(CCNC(=O)c2cc3c(C)cc(C)cc3[nH]2)cc1. The minimum atomic E-state index is -0.0724. The lowest BCUT2D eigenvalue weighted by Crippen LogP contribution is -2.25. The number of aromatic amines is 1. The molecule has 0 unspecified atom stereocenters. The van der Waals surface area contributed by atoms with Crippen LogP contribution >= 0.6 is 0 Å². The van der Waals surface area contributed by atoms with Crippen LogP contribution in [0, 0.1) is 13.8 Å². The molecule has 1 amide bonds. The van der Waals surface area contributed by atoms with Gasteiger partial charge in [0.25, 0.3) is 5.91 Å². The Morgan fingerprint density at radius 2 is 1.88 bits per heavy atom. The Balaban J connectivity index is 1.63. The molecule has 4 heteroatoms. The maximum absolute atomic E-state index is 12.3. The molecule has 0 spiro atoms. The summed E-state index contributed by atoms with van der Waals surface area (Å²) in [5, 5.41) is 4.07. The summed E-state index contributed by atoms with van der Waals surface area (Å²) in [6.07, 6.45) is 0.786. The maximum Gasteiger partial charge on any atom is 0.267 e. The molecule has 0 saturated carbocycles. The van der Waals surface area contributed by atoms with Crippen LogP contribution in [-0.2, 0) is 6.42 Å². The van der Waals surface area contributed by atoms with E-state index in [0.717, 1.165) is 23.1 Å². The molecule has 124 valence electrons. The van der Waals surface area contributed by atoms with Crippen LogP contribution in [0.1, 0.15) is 27.2 Å². The lowest BCUT2D eigenvalue weighted by Gasteiger charge is -2.05. The van der Waals surface area contributed by atoms with Crippen molar-refractivity contribution < 1.29 is 9.53 Å². The summed E-state index contributed by atoms with van der Waals surface area (Å²) in [5.41, 5.74) is 5.15. The van der Waals surface area contributed by atoms with Crippen LogP contribution in [0.15, 0.2) is 42.5 Å². The smallest absolute Gasteiger partial charge is 0.267 e. The third-order valence-corrected chi connectivity index (χ3v) is 4.19. The standard InChI is InChI=1S/C20H22N2O2/c1-13-10-14(2)17-12-19(22-18(17)11-13)20(23)21-9-8-15-4-6-16(24-3)7-5-15/h4-7,10-12,22H,8-9H2,1-3H3,(H,21,23). The number of hydrogen-bond donors (Lipinski definition) is 2. The van der Waals surface area contributed by atoms with E-state index in [-0.39, 0.29) is 5.91 Å². The summed E-state index contributed by atoms with van der Waals surface area (Å²) >= 11 is 0. The number of aromatic nitrogens is 1. The van der Waals surface area contributed by atoms with Crippen LogP contribution in [-0.4, -0.2) is 24.5 Å². The Hall–Kier alpha value is -2.75. The number of benzene rings is 2. The predicted molar refractivity (Wildman–Crippen MR) is 96.8 cm³/mol. The van der Waals surface area contributed by atoms with Gasteiger partial charge in [0.15, 0.2) is 0 Å². The molecule has 3 rings (SSSR count). The lowest BCUT2D eigenvalue weighted by atomic mass is 10.1. The molecule has 0 aliphatic rings. The van der Waals surface area contributed by atoms with Gasteiger partial charge in [-0.25, -0.2) is 0 Å². The lowest BCUT2D eigenvalue weighted by molar-refractivity contribution is 0.0950. The zero-order chi connectivity index (χ0) is 17.1.